The molecule has 0 spiro atoms. The molecule has 0 unspecified atom stereocenters. The van der Waals surface area contributed by atoms with Gasteiger partial charge in [0.15, 0.2) is 11.5 Å². The molecule has 0 radical (unpaired) electrons. The van der Waals surface area contributed by atoms with Crippen LogP contribution in [0.3, 0.4) is 0 Å². The molecular weight excluding hydrogens is 374 g/mol. The zero-order valence-corrected chi connectivity index (χ0v) is 14.2. The number of nitrogens with one attached hydrogen (secondary N) is 1. The number of nitrogens with zero attached hydrogens (tertiary/aromatic N) is 2. The summed E-state index contributed by atoms with van der Waals surface area (Å²) in [5.41, 5.74) is 2.19. The van der Waals surface area contributed by atoms with Gasteiger partial charge in [0.25, 0.3) is 0 Å². The number of ether oxygens (including phenoxy) is 2. The van der Waals surface area contributed by atoms with Crippen LogP contribution in [0.15, 0.2) is 47.2 Å². The maximum Gasteiger partial charge on any atom is 0.230 e. The zero-order chi connectivity index (χ0) is 16.5. The van der Waals surface area contributed by atoms with Crippen molar-refractivity contribution in [1.29, 1.82) is 0 Å². The Labute approximate surface area is 146 Å². The summed E-state index contributed by atoms with van der Waals surface area (Å²) >= 11 is 3.42. The van der Waals surface area contributed by atoms with E-state index < -0.39 is 0 Å². The van der Waals surface area contributed by atoms with E-state index in [0.29, 0.717) is 36.1 Å². The molecule has 1 amide bonds. The van der Waals surface area contributed by atoms with Gasteiger partial charge in [-0.1, -0.05) is 0 Å². The van der Waals surface area contributed by atoms with E-state index in [1.165, 1.54) is 0 Å². The summed E-state index contributed by atoms with van der Waals surface area (Å²) in [5.74, 6) is 1.22. The normalized spacial score (nSPS) is 13.0. The van der Waals surface area contributed by atoms with Crippen molar-refractivity contribution in [2.24, 2.45) is 0 Å². The van der Waals surface area contributed by atoms with Crippen LogP contribution in [0.1, 0.15) is 5.69 Å². The summed E-state index contributed by atoms with van der Waals surface area (Å²) in [6.45, 7) is 1.06. The van der Waals surface area contributed by atoms with Crippen LogP contribution in [0, 0.1) is 0 Å². The molecule has 1 N–H and O–H groups in total. The van der Waals surface area contributed by atoms with Crippen molar-refractivity contribution < 1.29 is 14.3 Å². The van der Waals surface area contributed by atoms with Crippen molar-refractivity contribution in [1.82, 2.24) is 9.38 Å². The average molecular weight is 388 g/mol. The summed E-state index contributed by atoms with van der Waals surface area (Å²) in [5, 5.41) is 2.86. The quantitative estimate of drug-likeness (QED) is 0.749. The van der Waals surface area contributed by atoms with E-state index in [1.807, 2.05) is 28.9 Å². The molecule has 122 valence electrons. The monoisotopic (exact) mass is 387 g/mol. The number of hydrogen-bond donors (Lipinski definition) is 1. The fourth-order valence-corrected chi connectivity index (χ4v) is 2.95. The number of fused-ring (bicyclic) bond motifs is 2. The third kappa shape index (κ3) is 3.07. The summed E-state index contributed by atoms with van der Waals surface area (Å²) in [6.07, 6.45) is 3.96. The van der Waals surface area contributed by atoms with Gasteiger partial charge in [-0.05, 0) is 40.2 Å². The van der Waals surface area contributed by atoms with E-state index in [0.717, 1.165) is 10.1 Å². The Balaban J connectivity index is 1.47. The second-order valence-electron chi connectivity index (χ2n) is 5.43. The molecular formula is C17H14BrN3O3. The number of anilines is 1. The third-order valence-corrected chi connectivity index (χ3v) is 4.10. The molecule has 6 nitrogen and oxygen atoms in total. The summed E-state index contributed by atoms with van der Waals surface area (Å²) in [7, 11) is 0. The van der Waals surface area contributed by atoms with Crippen molar-refractivity contribution in [3.63, 3.8) is 0 Å². The Kier molecular flexibility index (Phi) is 3.86. The van der Waals surface area contributed by atoms with E-state index in [1.54, 1.807) is 18.2 Å². The first-order valence-electron chi connectivity index (χ1n) is 7.50. The lowest BCUT2D eigenvalue weighted by molar-refractivity contribution is -0.115. The molecule has 0 bridgehead atoms. The first-order chi connectivity index (χ1) is 11.7. The number of pyridine rings is 1. The predicted molar refractivity (Wildman–Crippen MR) is 92.7 cm³/mol. The number of hydrogen-bond acceptors (Lipinski definition) is 4. The van der Waals surface area contributed by atoms with Crippen molar-refractivity contribution in [2.75, 3.05) is 18.5 Å². The fourth-order valence-electron chi connectivity index (χ4n) is 2.59. The van der Waals surface area contributed by atoms with Crippen LogP contribution in [-0.4, -0.2) is 28.5 Å². The van der Waals surface area contributed by atoms with E-state index >= 15 is 0 Å². The van der Waals surface area contributed by atoms with Crippen molar-refractivity contribution in [2.45, 2.75) is 6.42 Å². The van der Waals surface area contributed by atoms with Gasteiger partial charge in [0.1, 0.15) is 18.9 Å². The van der Waals surface area contributed by atoms with Crippen molar-refractivity contribution in [3.8, 4) is 11.5 Å². The number of halogens is 1. The van der Waals surface area contributed by atoms with Crippen LogP contribution in [-0.2, 0) is 11.2 Å². The van der Waals surface area contributed by atoms with Gasteiger partial charge in [0.2, 0.25) is 5.91 Å². The molecule has 4 rings (SSSR count). The van der Waals surface area contributed by atoms with E-state index in [9.17, 15) is 4.79 Å². The first-order valence-corrected chi connectivity index (χ1v) is 8.29. The number of imidazole rings is 1. The molecule has 0 atom stereocenters. The Morgan fingerprint density at radius 3 is 2.88 bits per heavy atom. The summed E-state index contributed by atoms with van der Waals surface area (Å²) < 4.78 is 13.8. The standard InChI is InChI=1S/C17H14BrN3O3/c18-11-1-4-16-19-13(10-21(16)9-11)8-17(22)20-12-2-3-14-15(7-12)24-6-5-23-14/h1-4,7,9-10H,5-6,8H2,(H,20,22). The van der Waals surface area contributed by atoms with Gasteiger partial charge in [-0.2, -0.15) is 0 Å². The van der Waals surface area contributed by atoms with Gasteiger partial charge in [0.05, 0.1) is 12.1 Å². The van der Waals surface area contributed by atoms with Crippen LogP contribution in [0.5, 0.6) is 11.5 Å². The SMILES string of the molecule is O=C(Cc1cn2cc(Br)ccc2n1)Nc1ccc2c(c1)OCCO2. The minimum atomic E-state index is -0.130. The van der Waals surface area contributed by atoms with Crippen LogP contribution in [0.2, 0.25) is 0 Å². The van der Waals surface area contributed by atoms with Gasteiger partial charge >= 0.3 is 0 Å². The number of carbonyl (C=O) groups excluding carboxylic acids is 1. The summed E-state index contributed by atoms with van der Waals surface area (Å²) in [6, 6.07) is 9.18. The van der Waals surface area contributed by atoms with E-state index in [2.05, 4.69) is 26.2 Å². The molecule has 0 saturated carbocycles. The Bertz CT molecular complexity index is 923. The molecule has 24 heavy (non-hydrogen) atoms. The number of carbonyl (C=O) groups is 1. The lowest BCUT2D eigenvalue weighted by Gasteiger charge is -2.18. The van der Waals surface area contributed by atoms with Gasteiger partial charge in [-0.25, -0.2) is 4.98 Å². The van der Waals surface area contributed by atoms with Gasteiger partial charge in [-0.3, -0.25) is 4.79 Å². The zero-order valence-electron chi connectivity index (χ0n) is 12.7. The van der Waals surface area contributed by atoms with Gasteiger partial charge in [0, 0.05) is 28.6 Å². The van der Waals surface area contributed by atoms with Gasteiger partial charge < -0.3 is 19.2 Å². The van der Waals surface area contributed by atoms with Crippen molar-refractivity contribution in [3.05, 3.63) is 52.9 Å². The molecule has 2 aromatic heterocycles. The fraction of sp³-hybridized carbons (Fsp3) is 0.176. The largest absolute Gasteiger partial charge is 0.486 e. The molecule has 3 aromatic rings. The number of rotatable bonds is 3. The van der Waals surface area contributed by atoms with Crippen LogP contribution in [0.4, 0.5) is 5.69 Å². The molecule has 1 aliphatic heterocycles. The van der Waals surface area contributed by atoms with E-state index in [4.69, 9.17) is 9.47 Å². The highest BCUT2D eigenvalue weighted by Gasteiger charge is 2.13. The molecule has 0 saturated heterocycles. The van der Waals surface area contributed by atoms with Gasteiger partial charge in [-0.15, -0.1) is 0 Å². The second kappa shape index (κ2) is 6.16. The highest BCUT2D eigenvalue weighted by molar-refractivity contribution is 9.10. The molecule has 1 aromatic carbocycles. The Morgan fingerprint density at radius 1 is 1.17 bits per heavy atom. The molecule has 0 aliphatic carbocycles. The number of aromatic nitrogens is 2. The Morgan fingerprint density at radius 2 is 2.00 bits per heavy atom. The first kappa shape index (κ1) is 15.0. The molecule has 0 fully saturated rings. The van der Waals surface area contributed by atoms with Crippen LogP contribution < -0.4 is 14.8 Å². The molecule has 1 aliphatic rings. The minimum Gasteiger partial charge on any atom is -0.486 e. The highest BCUT2D eigenvalue weighted by Crippen LogP contribution is 2.32. The maximum absolute atomic E-state index is 12.3. The van der Waals surface area contributed by atoms with Crippen molar-refractivity contribution >= 4 is 33.2 Å². The molecule has 3 heterocycles. The second-order valence-corrected chi connectivity index (χ2v) is 6.34. The highest BCUT2D eigenvalue weighted by atomic mass is 79.9. The number of amides is 1. The predicted octanol–water partition coefficient (Wildman–Crippen LogP) is 3.05. The summed E-state index contributed by atoms with van der Waals surface area (Å²) in [4.78, 5) is 16.7. The van der Waals surface area contributed by atoms with Crippen LogP contribution in [0.25, 0.3) is 5.65 Å². The lowest BCUT2D eigenvalue weighted by atomic mass is 10.2. The topological polar surface area (TPSA) is 64.9 Å². The lowest BCUT2D eigenvalue weighted by Crippen LogP contribution is -2.17. The Hall–Kier alpha value is -2.54. The molecule has 7 heteroatoms. The minimum absolute atomic E-state index is 0.130. The van der Waals surface area contributed by atoms with Crippen LogP contribution >= 0.6 is 15.9 Å². The smallest absolute Gasteiger partial charge is 0.230 e. The maximum atomic E-state index is 12.3. The number of benzene rings is 1. The average Bonchev–Trinajstić information content (AvgIpc) is 2.95. The van der Waals surface area contributed by atoms with E-state index in [-0.39, 0.29) is 12.3 Å². The third-order valence-electron chi connectivity index (χ3n) is 3.63.